The topological polar surface area (TPSA) is 64.9 Å². The van der Waals surface area contributed by atoms with Crippen LogP contribution >= 0.6 is 0 Å². The maximum Gasteiger partial charge on any atom is 0.225 e. The van der Waals surface area contributed by atoms with Gasteiger partial charge in [-0.3, -0.25) is 4.68 Å². The summed E-state index contributed by atoms with van der Waals surface area (Å²) in [7, 11) is 1.78. The number of aromatic nitrogens is 4. The van der Waals surface area contributed by atoms with Crippen molar-refractivity contribution >= 4 is 5.95 Å². The van der Waals surface area contributed by atoms with E-state index >= 15 is 0 Å². The number of aryl methyl sites for hydroxylation is 2. The van der Waals surface area contributed by atoms with Crippen LogP contribution in [0.5, 0.6) is 11.6 Å². The third-order valence-corrected chi connectivity index (χ3v) is 2.34. The van der Waals surface area contributed by atoms with Crippen molar-refractivity contribution in [2.75, 3.05) is 12.4 Å². The lowest BCUT2D eigenvalue weighted by molar-refractivity contribution is 0.460. The molecule has 96 valence electrons. The lowest BCUT2D eigenvalue weighted by Crippen LogP contribution is -1.99. The van der Waals surface area contributed by atoms with Gasteiger partial charge in [0.15, 0.2) is 5.75 Å². The van der Waals surface area contributed by atoms with E-state index in [4.69, 9.17) is 4.74 Å². The predicted molar refractivity (Wildman–Crippen MR) is 68.9 cm³/mol. The highest BCUT2D eigenvalue weighted by Gasteiger charge is 2.05. The van der Waals surface area contributed by atoms with Crippen molar-refractivity contribution in [2.45, 2.75) is 26.8 Å². The van der Waals surface area contributed by atoms with Crippen LogP contribution in [-0.4, -0.2) is 26.8 Å². The van der Waals surface area contributed by atoms with E-state index in [2.05, 4.69) is 27.3 Å². The molecule has 0 unspecified atom stereocenters. The summed E-state index contributed by atoms with van der Waals surface area (Å²) in [4.78, 5) is 8.43. The molecule has 0 aliphatic heterocycles. The Bertz CT molecular complexity index is 523. The molecule has 0 radical (unpaired) electrons. The monoisotopic (exact) mass is 247 g/mol. The van der Waals surface area contributed by atoms with Gasteiger partial charge in [-0.25, -0.2) is 4.98 Å². The summed E-state index contributed by atoms with van der Waals surface area (Å²) in [5.74, 6) is 1.75. The third kappa shape index (κ3) is 2.97. The number of hydrogen-bond donors (Lipinski definition) is 1. The van der Waals surface area contributed by atoms with Crippen molar-refractivity contribution in [1.82, 2.24) is 19.7 Å². The van der Waals surface area contributed by atoms with E-state index in [1.807, 2.05) is 17.8 Å². The molecule has 1 N–H and O–H groups in total. The van der Waals surface area contributed by atoms with E-state index in [0.717, 1.165) is 18.7 Å². The van der Waals surface area contributed by atoms with Gasteiger partial charge in [-0.05, 0) is 13.3 Å². The molecule has 0 aliphatic rings. The number of nitrogens with one attached hydrogen (secondary N) is 1. The zero-order valence-corrected chi connectivity index (χ0v) is 10.8. The number of anilines is 1. The first kappa shape index (κ1) is 12.3. The zero-order valence-electron chi connectivity index (χ0n) is 10.8. The van der Waals surface area contributed by atoms with Gasteiger partial charge in [0, 0.05) is 25.4 Å². The first-order valence-electron chi connectivity index (χ1n) is 5.95. The molecule has 0 amide bonds. The molecular weight excluding hydrogens is 230 g/mol. The average molecular weight is 247 g/mol. The molecule has 0 fully saturated rings. The van der Waals surface area contributed by atoms with Gasteiger partial charge in [-0.1, -0.05) is 6.92 Å². The minimum atomic E-state index is 0.517. The number of rotatable bonds is 5. The van der Waals surface area contributed by atoms with Gasteiger partial charge < -0.3 is 10.1 Å². The fraction of sp³-hybridized carbons (Fsp3) is 0.417. The third-order valence-electron chi connectivity index (χ3n) is 2.34. The number of hydrogen-bond acceptors (Lipinski definition) is 5. The first-order valence-corrected chi connectivity index (χ1v) is 5.95. The van der Waals surface area contributed by atoms with Gasteiger partial charge in [0.25, 0.3) is 0 Å². The molecular formula is C12H17N5O. The van der Waals surface area contributed by atoms with E-state index < -0.39 is 0 Å². The Hall–Kier alpha value is -2.11. The van der Waals surface area contributed by atoms with E-state index in [1.54, 1.807) is 19.3 Å². The van der Waals surface area contributed by atoms with Gasteiger partial charge in [0.1, 0.15) is 0 Å². The maximum atomic E-state index is 5.65. The largest absolute Gasteiger partial charge is 0.436 e. The van der Waals surface area contributed by atoms with Crippen molar-refractivity contribution in [3.05, 3.63) is 24.2 Å². The lowest BCUT2D eigenvalue weighted by Gasteiger charge is -2.05. The fourth-order valence-electron chi connectivity index (χ4n) is 1.57. The normalized spacial score (nSPS) is 10.4. The summed E-state index contributed by atoms with van der Waals surface area (Å²) >= 11 is 0. The van der Waals surface area contributed by atoms with Crippen LogP contribution in [0.15, 0.2) is 18.5 Å². The lowest BCUT2D eigenvalue weighted by atomic mass is 10.4. The van der Waals surface area contributed by atoms with Gasteiger partial charge in [-0.2, -0.15) is 10.1 Å². The minimum absolute atomic E-state index is 0.517. The van der Waals surface area contributed by atoms with Crippen LogP contribution in [0, 0.1) is 6.92 Å². The molecule has 0 bridgehead atoms. The summed E-state index contributed by atoms with van der Waals surface area (Å²) in [5, 5.41) is 7.10. The minimum Gasteiger partial charge on any atom is -0.436 e. The van der Waals surface area contributed by atoms with Crippen molar-refractivity contribution in [2.24, 2.45) is 0 Å². The molecule has 0 atom stereocenters. The molecule has 6 heteroatoms. The first-order chi connectivity index (χ1) is 8.71. The fourth-order valence-corrected chi connectivity index (χ4v) is 1.57. The van der Waals surface area contributed by atoms with E-state index in [0.29, 0.717) is 17.6 Å². The Morgan fingerprint density at radius 1 is 1.39 bits per heavy atom. The zero-order chi connectivity index (χ0) is 13.0. The Morgan fingerprint density at radius 2 is 2.22 bits per heavy atom. The quantitative estimate of drug-likeness (QED) is 0.877. The van der Waals surface area contributed by atoms with E-state index in [-0.39, 0.29) is 0 Å². The predicted octanol–water partition coefficient (Wildman–Crippen LogP) is 2.23. The van der Waals surface area contributed by atoms with Crippen LogP contribution in [0.25, 0.3) is 0 Å². The number of nitrogens with zero attached hydrogens (tertiary/aromatic N) is 4. The van der Waals surface area contributed by atoms with Crippen LogP contribution in [0.3, 0.4) is 0 Å². The highest BCUT2D eigenvalue weighted by atomic mass is 16.5. The van der Waals surface area contributed by atoms with Gasteiger partial charge in [0.2, 0.25) is 11.8 Å². The molecule has 0 aliphatic carbocycles. The average Bonchev–Trinajstić information content (AvgIpc) is 2.76. The van der Waals surface area contributed by atoms with Gasteiger partial charge in [0.05, 0.1) is 12.4 Å². The van der Waals surface area contributed by atoms with E-state index in [9.17, 15) is 0 Å². The number of ether oxygens (including phenoxy) is 1. The molecule has 0 saturated heterocycles. The Labute approximate surface area is 106 Å². The Morgan fingerprint density at radius 3 is 2.94 bits per heavy atom. The van der Waals surface area contributed by atoms with Crippen molar-refractivity contribution in [3.63, 3.8) is 0 Å². The van der Waals surface area contributed by atoms with Crippen LogP contribution in [0.2, 0.25) is 0 Å². The summed E-state index contributed by atoms with van der Waals surface area (Å²) in [5.41, 5.74) is 0.852. The SMILES string of the molecule is CCCn1cc(Oc2cc(C)nc(NC)n2)cn1. The molecule has 0 aromatic carbocycles. The molecule has 2 rings (SSSR count). The molecule has 0 spiro atoms. The smallest absolute Gasteiger partial charge is 0.225 e. The van der Waals surface area contributed by atoms with Crippen molar-refractivity contribution in [1.29, 1.82) is 0 Å². The Kier molecular flexibility index (Phi) is 3.76. The van der Waals surface area contributed by atoms with Crippen LogP contribution in [-0.2, 0) is 6.54 Å². The van der Waals surface area contributed by atoms with Crippen molar-refractivity contribution in [3.8, 4) is 11.6 Å². The second kappa shape index (κ2) is 5.48. The molecule has 2 aromatic heterocycles. The van der Waals surface area contributed by atoms with E-state index in [1.165, 1.54) is 0 Å². The highest BCUT2D eigenvalue weighted by Crippen LogP contribution is 2.20. The summed E-state index contributed by atoms with van der Waals surface area (Å²) in [6.45, 7) is 4.89. The summed E-state index contributed by atoms with van der Waals surface area (Å²) < 4.78 is 7.50. The standard InChI is InChI=1S/C12H17N5O/c1-4-5-17-8-10(7-14-17)18-11-6-9(2)15-12(13-3)16-11/h6-8H,4-5H2,1-3H3,(H,13,15,16). The van der Waals surface area contributed by atoms with Gasteiger partial charge in [-0.15, -0.1) is 0 Å². The Balaban J connectivity index is 2.14. The molecule has 2 aromatic rings. The van der Waals surface area contributed by atoms with Crippen LogP contribution in [0.4, 0.5) is 5.95 Å². The van der Waals surface area contributed by atoms with Gasteiger partial charge >= 0.3 is 0 Å². The second-order valence-electron chi connectivity index (χ2n) is 3.96. The maximum absolute atomic E-state index is 5.65. The van der Waals surface area contributed by atoms with Crippen molar-refractivity contribution < 1.29 is 4.74 Å². The highest BCUT2D eigenvalue weighted by molar-refractivity contribution is 5.31. The molecule has 18 heavy (non-hydrogen) atoms. The molecule has 2 heterocycles. The molecule has 0 saturated carbocycles. The summed E-state index contributed by atoms with van der Waals surface area (Å²) in [6, 6.07) is 1.79. The van der Waals surface area contributed by atoms with Crippen LogP contribution < -0.4 is 10.1 Å². The molecule has 6 nitrogen and oxygen atoms in total. The second-order valence-corrected chi connectivity index (χ2v) is 3.96. The summed E-state index contributed by atoms with van der Waals surface area (Å²) in [6.07, 6.45) is 4.59. The van der Waals surface area contributed by atoms with Crippen LogP contribution in [0.1, 0.15) is 19.0 Å².